The highest BCUT2D eigenvalue weighted by Gasteiger charge is 2.16. The van der Waals surface area contributed by atoms with Crippen molar-refractivity contribution >= 4 is 17.4 Å². The summed E-state index contributed by atoms with van der Waals surface area (Å²) in [5.74, 6) is 2.26. The molecule has 2 heterocycles. The lowest BCUT2D eigenvalue weighted by Gasteiger charge is -2.17. The van der Waals surface area contributed by atoms with E-state index in [4.69, 9.17) is 4.42 Å². The summed E-state index contributed by atoms with van der Waals surface area (Å²) in [6.45, 7) is 4.47. The van der Waals surface area contributed by atoms with E-state index in [9.17, 15) is 0 Å². The quantitative estimate of drug-likeness (QED) is 0.479. The van der Waals surface area contributed by atoms with Crippen molar-refractivity contribution in [1.82, 2.24) is 14.8 Å². The predicted octanol–water partition coefficient (Wildman–Crippen LogP) is 4.08. The van der Waals surface area contributed by atoms with Crippen LogP contribution in [0.1, 0.15) is 5.56 Å². The molecular weight excluding hydrogens is 320 g/mol. The zero-order valence-electron chi connectivity index (χ0n) is 13.8. The van der Waals surface area contributed by atoms with Crippen LogP contribution in [-0.4, -0.2) is 28.9 Å². The molecule has 2 aromatic heterocycles. The third-order valence-electron chi connectivity index (χ3n) is 3.60. The maximum atomic E-state index is 5.46. The van der Waals surface area contributed by atoms with Crippen LogP contribution in [0.3, 0.4) is 0 Å². The molecule has 0 spiro atoms. The minimum atomic E-state index is 0.640. The lowest BCUT2D eigenvalue weighted by molar-refractivity contribution is 0.569. The first-order valence-corrected chi connectivity index (χ1v) is 8.65. The highest BCUT2D eigenvalue weighted by Crippen LogP contribution is 2.29. The summed E-state index contributed by atoms with van der Waals surface area (Å²) in [7, 11) is 4.11. The molecule has 0 N–H and O–H groups in total. The Balaban J connectivity index is 1.85. The maximum absolute atomic E-state index is 5.46. The van der Waals surface area contributed by atoms with E-state index in [1.54, 1.807) is 18.0 Å². The summed E-state index contributed by atoms with van der Waals surface area (Å²) in [6.07, 6.45) is 3.48. The van der Waals surface area contributed by atoms with Crippen molar-refractivity contribution in [1.29, 1.82) is 0 Å². The van der Waals surface area contributed by atoms with E-state index in [1.807, 2.05) is 22.8 Å². The van der Waals surface area contributed by atoms with Gasteiger partial charge < -0.3 is 9.32 Å². The van der Waals surface area contributed by atoms with Gasteiger partial charge in [0.2, 0.25) is 5.82 Å². The monoisotopic (exact) mass is 340 g/mol. The molecule has 0 bridgehead atoms. The van der Waals surface area contributed by atoms with E-state index in [0.717, 1.165) is 16.7 Å². The summed E-state index contributed by atoms with van der Waals surface area (Å²) in [5, 5.41) is 9.48. The molecule has 0 aliphatic carbocycles. The van der Waals surface area contributed by atoms with Crippen LogP contribution in [0.15, 0.2) is 64.9 Å². The average molecular weight is 340 g/mol. The van der Waals surface area contributed by atoms with Gasteiger partial charge in [-0.15, -0.1) is 16.8 Å². The number of aromatic nitrogens is 3. The third-order valence-corrected chi connectivity index (χ3v) is 4.62. The number of nitrogens with zero attached hydrogens (tertiary/aromatic N) is 4. The molecule has 0 unspecified atom stereocenters. The van der Waals surface area contributed by atoms with Crippen molar-refractivity contribution in [2.75, 3.05) is 19.0 Å². The second-order valence-electron chi connectivity index (χ2n) is 5.49. The standard InChI is InChI=1S/C18H20N4OS/c1-4-11-22-17(16-10-7-12-23-16)19-20-18(22)24-13-14-8-5-6-9-15(14)21(2)3/h4-10,12H,1,11,13H2,2-3H3. The summed E-state index contributed by atoms with van der Waals surface area (Å²) < 4.78 is 7.48. The van der Waals surface area contributed by atoms with Crippen molar-refractivity contribution in [2.45, 2.75) is 17.5 Å². The van der Waals surface area contributed by atoms with Gasteiger partial charge in [-0.05, 0) is 23.8 Å². The number of benzene rings is 1. The first-order valence-electron chi connectivity index (χ1n) is 7.66. The molecule has 24 heavy (non-hydrogen) atoms. The lowest BCUT2D eigenvalue weighted by Crippen LogP contribution is -2.10. The summed E-state index contributed by atoms with van der Waals surface area (Å²) >= 11 is 1.66. The largest absolute Gasteiger partial charge is 0.461 e. The van der Waals surface area contributed by atoms with Gasteiger partial charge in [0.15, 0.2) is 10.9 Å². The molecule has 1 aromatic carbocycles. The maximum Gasteiger partial charge on any atom is 0.200 e. The minimum absolute atomic E-state index is 0.640. The Bertz CT molecular complexity index is 808. The Morgan fingerprint density at radius 2 is 2.04 bits per heavy atom. The Morgan fingerprint density at radius 1 is 1.21 bits per heavy atom. The van der Waals surface area contributed by atoms with Crippen molar-refractivity contribution in [3.8, 4) is 11.6 Å². The average Bonchev–Trinajstić information content (AvgIpc) is 3.23. The number of hydrogen-bond donors (Lipinski definition) is 0. The molecule has 0 aliphatic heterocycles. The molecule has 0 saturated heterocycles. The normalized spacial score (nSPS) is 10.8. The topological polar surface area (TPSA) is 47.1 Å². The van der Waals surface area contributed by atoms with Crippen LogP contribution in [0.25, 0.3) is 11.6 Å². The third kappa shape index (κ3) is 3.38. The van der Waals surface area contributed by atoms with Crippen molar-refractivity contribution in [3.63, 3.8) is 0 Å². The minimum Gasteiger partial charge on any atom is -0.461 e. The Morgan fingerprint density at radius 3 is 2.75 bits per heavy atom. The zero-order chi connectivity index (χ0) is 16.9. The van der Waals surface area contributed by atoms with E-state index in [1.165, 1.54) is 11.3 Å². The lowest BCUT2D eigenvalue weighted by atomic mass is 10.2. The fourth-order valence-electron chi connectivity index (χ4n) is 2.49. The molecular formula is C18H20N4OS. The van der Waals surface area contributed by atoms with Crippen LogP contribution in [-0.2, 0) is 12.3 Å². The molecule has 0 fully saturated rings. The van der Waals surface area contributed by atoms with Crippen LogP contribution < -0.4 is 4.90 Å². The summed E-state index contributed by atoms with van der Waals surface area (Å²) in [4.78, 5) is 2.12. The van der Waals surface area contributed by atoms with E-state index in [2.05, 4.69) is 60.0 Å². The fraction of sp³-hybridized carbons (Fsp3) is 0.222. The number of anilines is 1. The van der Waals surface area contributed by atoms with E-state index < -0.39 is 0 Å². The Hall–Kier alpha value is -2.47. The van der Waals surface area contributed by atoms with E-state index >= 15 is 0 Å². The molecule has 3 aromatic rings. The number of rotatable bonds is 7. The summed E-state index contributed by atoms with van der Waals surface area (Å²) in [5.41, 5.74) is 2.48. The molecule has 6 heteroatoms. The van der Waals surface area contributed by atoms with Gasteiger partial charge >= 0.3 is 0 Å². The molecule has 0 aliphatic rings. The Kier molecular flexibility index (Phi) is 5.05. The molecule has 124 valence electrons. The first kappa shape index (κ1) is 16.4. The Labute approximate surface area is 146 Å². The molecule has 0 saturated carbocycles. The van der Waals surface area contributed by atoms with Crippen LogP contribution in [0.2, 0.25) is 0 Å². The number of allylic oxidation sites excluding steroid dienone is 1. The number of furan rings is 1. The number of para-hydroxylation sites is 1. The van der Waals surface area contributed by atoms with Gasteiger partial charge in [0.1, 0.15) is 0 Å². The first-order chi connectivity index (χ1) is 11.7. The van der Waals surface area contributed by atoms with Gasteiger partial charge in [0, 0.05) is 32.1 Å². The SMILES string of the molecule is C=CCn1c(SCc2ccccc2N(C)C)nnc1-c1ccco1. The molecule has 5 nitrogen and oxygen atoms in total. The van der Waals surface area contributed by atoms with Gasteiger partial charge in [-0.2, -0.15) is 0 Å². The summed E-state index contributed by atoms with van der Waals surface area (Å²) in [6, 6.07) is 12.1. The smallest absolute Gasteiger partial charge is 0.200 e. The van der Waals surface area contributed by atoms with Crippen LogP contribution >= 0.6 is 11.8 Å². The van der Waals surface area contributed by atoms with Gasteiger partial charge in [0.05, 0.1) is 6.26 Å². The predicted molar refractivity (Wildman–Crippen MR) is 98.3 cm³/mol. The van der Waals surface area contributed by atoms with Crippen molar-refractivity contribution in [3.05, 3.63) is 60.9 Å². The van der Waals surface area contributed by atoms with Gasteiger partial charge in [-0.1, -0.05) is 36.0 Å². The van der Waals surface area contributed by atoms with Crippen molar-refractivity contribution in [2.24, 2.45) is 0 Å². The zero-order valence-corrected chi connectivity index (χ0v) is 14.7. The molecule has 0 radical (unpaired) electrons. The second kappa shape index (κ2) is 7.40. The molecule has 0 atom stereocenters. The van der Waals surface area contributed by atoms with Gasteiger partial charge in [-0.3, -0.25) is 4.57 Å². The molecule has 3 rings (SSSR count). The van der Waals surface area contributed by atoms with E-state index in [0.29, 0.717) is 12.3 Å². The van der Waals surface area contributed by atoms with Crippen LogP contribution in [0, 0.1) is 0 Å². The highest BCUT2D eigenvalue weighted by molar-refractivity contribution is 7.98. The van der Waals surface area contributed by atoms with Crippen molar-refractivity contribution < 1.29 is 4.42 Å². The fourth-order valence-corrected chi connectivity index (χ4v) is 3.43. The number of hydrogen-bond acceptors (Lipinski definition) is 5. The number of thioether (sulfide) groups is 1. The van der Waals surface area contributed by atoms with Crippen LogP contribution in [0.4, 0.5) is 5.69 Å². The van der Waals surface area contributed by atoms with Crippen LogP contribution in [0.5, 0.6) is 0 Å². The van der Waals surface area contributed by atoms with Gasteiger partial charge in [0.25, 0.3) is 0 Å². The second-order valence-corrected chi connectivity index (χ2v) is 6.44. The van der Waals surface area contributed by atoms with Gasteiger partial charge in [-0.25, -0.2) is 0 Å². The van der Waals surface area contributed by atoms with E-state index in [-0.39, 0.29) is 0 Å². The highest BCUT2D eigenvalue weighted by atomic mass is 32.2. The molecule has 0 amide bonds.